The molecule has 0 radical (unpaired) electrons. The smallest absolute Gasteiger partial charge is 0.0595 e. The first-order chi connectivity index (χ1) is 9.63. The van der Waals surface area contributed by atoms with E-state index < -0.39 is 0 Å². The van der Waals surface area contributed by atoms with E-state index in [0.29, 0.717) is 0 Å². The van der Waals surface area contributed by atoms with Crippen LogP contribution in [-0.2, 0) is 6.42 Å². The topological polar surface area (TPSA) is 12.0 Å². The quantitative estimate of drug-likeness (QED) is 0.566. The Balaban J connectivity index is 2.27. The lowest BCUT2D eigenvalue weighted by Gasteiger charge is -2.20. The van der Waals surface area contributed by atoms with Crippen LogP contribution >= 0.6 is 54.8 Å². The van der Waals surface area contributed by atoms with Crippen molar-refractivity contribution in [3.63, 3.8) is 0 Å². The average molecular weight is 438 g/mol. The summed E-state index contributed by atoms with van der Waals surface area (Å²) in [5.74, 6) is 0. The van der Waals surface area contributed by atoms with Gasteiger partial charge < -0.3 is 5.32 Å². The highest BCUT2D eigenvalue weighted by atomic mass is 79.9. The SMILES string of the molecule is CCCNC(Cc1sccc1Br)c1cccc(Br)c1Cl. The van der Waals surface area contributed by atoms with Gasteiger partial charge in [0, 0.05) is 26.3 Å². The van der Waals surface area contributed by atoms with Crippen LogP contribution in [0.15, 0.2) is 38.6 Å². The van der Waals surface area contributed by atoms with E-state index in [1.165, 1.54) is 9.35 Å². The van der Waals surface area contributed by atoms with Crippen molar-refractivity contribution in [1.29, 1.82) is 0 Å². The van der Waals surface area contributed by atoms with Crippen molar-refractivity contribution in [3.8, 4) is 0 Å². The summed E-state index contributed by atoms with van der Waals surface area (Å²) >= 11 is 15.3. The number of thiophene rings is 1. The minimum atomic E-state index is 0.231. The molecule has 1 heterocycles. The highest BCUT2D eigenvalue weighted by Crippen LogP contribution is 2.34. The average Bonchev–Trinajstić information content (AvgIpc) is 2.83. The summed E-state index contributed by atoms with van der Waals surface area (Å²) in [5, 5.41) is 6.51. The fraction of sp³-hybridized carbons (Fsp3) is 0.333. The molecule has 0 spiro atoms. The number of rotatable bonds is 6. The highest BCUT2D eigenvalue weighted by molar-refractivity contribution is 9.10. The van der Waals surface area contributed by atoms with E-state index in [9.17, 15) is 0 Å². The van der Waals surface area contributed by atoms with Gasteiger partial charge >= 0.3 is 0 Å². The molecular weight excluding hydrogens is 422 g/mol. The lowest BCUT2D eigenvalue weighted by molar-refractivity contribution is 0.531. The second-order valence-corrected chi connectivity index (χ2v) is 7.63. The molecule has 0 saturated heterocycles. The Morgan fingerprint density at radius 2 is 2.05 bits per heavy atom. The van der Waals surface area contributed by atoms with Gasteiger partial charge in [-0.25, -0.2) is 0 Å². The van der Waals surface area contributed by atoms with Crippen LogP contribution in [-0.4, -0.2) is 6.54 Å². The van der Waals surface area contributed by atoms with Crippen molar-refractivity contribution < 1.29 is 0 Å². The van der Waals surface area contributed by atoms with E-state index in [0.717, 1.165) is 34.4 Å². The number of halogens is 3. The Labute approximate surface area is 146 Å². The van der Waals surface area contributed by atoms with E-state index in [1.54, 1.807) is 11.3 Å². The fourth-order valence-electron chi connectivity index (χ4n) is 2.06. The van der Waals surface area contributed by atoms with Crippen molar-refractivity contribution in [2.24, 2.45) is 0 Å². The van der Waals surface area contributed by atoms with Gasteiger partial charge in [-0.1, -0.05) is 30.7 Å². The van der Waals surface area contributed by atoms with E-state index in [1.807, 2.05) is 12.1 Å². The molecule has 108 valence electrons. The highest BCUT2D eigenvalue weighted by Gasteiger charge is 2.18. The predicted molar refractivity (Wildman–Crippen MR) is 95.9 cm³/mol. The van der Waals surface area contributed by atoms with Crippen LogP contribution in [0.4, 0.5) is 0 Å². The third-order valence-electron chi connectivity index (χ3n) is 3.08. The Kier molecular flexibility index (Phi) is 6.56. The molecule has 1 atom stereocenters. The lowest BCUT2D eigenvalue weighted by atomic mass is 10.0. The van der Waals surface area contributed by atoms with Crippen LogP contribution in [0.1, 0.15) is 29.8 Å². The molecule has 1 unspecified atom stereocenters. The molecule has 5 heteroatoms. The third-order valence-corrected chi connectivity index (χ3v) is 6.34. The van der Waals surface area contributed by atoms with Crippen molar-refractivity contribution in [3.05, 3.63) is 54.1 Å². The zero-order valence-electron chi connectivity index (χ0n) is 11.1. The second-order valence-electron chi connectivity index (χ2n) is 4.55. The summed E-state index contributed by atoms with van der Waals surface area (Å²) in [6, 6.07) is 8.44. The molecule has 0 aliphatic heterocycles. The maximum Gasteiger partial charge on any atom is 0.0595 e. The fourth-order valence-corrected chi connectivity index (χ4v) is 4.26. The maximum absolute atomic E-state index is 6.45. The molecule has 0 aliphatic carbocycles. The molecule has 1 aromatic carbocycles. The number of hydrogen-bond donors (Lipinski definition) is 1. The lowest BCUT2D eigenvalue weighted by Crippen LogP contribution is -2.24. The summed E-state index contributed by atoms with van der Waals surface area (Å²) in [6.07, 6.45) is 2.04. The van der Waals surface area contributed by atoms with Crippen LogP contribution in [0.5, 0.6) is 0 Å². The van der Waals surface area contributed by atoms with Crippen LogP contribution in [0.3, 0.4) is 0 Å². The van der Waals surface area contributed by atoms with E-state index in [2.05, 4.69) is 61.6 Å². The van der Waals surface area contributed by atoms with Crippen molar-refractivity contribution in [2.45, 2.75) is 25.8 Å². The van der Waals surface area contributed by atoms with Gasteiger partial charge in [0.2, 0.25) is 0 Å². The molecule has 0 amide bonds. The van der Waals surface area contributed by atoms with Gasteiger partial charge in [0.1, 0.15) is 0 Å². The van der Waals surface area contributed by atoms with Gasteiger partial charge in [-0.05, 0) is 67.9 Å². The standard InChI is InChI=1S/C15H16Br2ClNS/c1-2-7-19-13(9-14-11(16)6-8-20-14)10-4-3-5-12(17)15(10)18/h3-6,8,13,19H,2,7,9H2,1H3. The Hall–Kier alpha value is 0.130. The largest absolute Gasteiger partial charge is 0.310 e. The van der Waals surface area contributed by atoms with Gasteiger partial charge in [0.15, 0.2) is 0 Å². The van der Waals surface area contributed by atoms with Gasteiger partial charge in [0.25, 0.3) is 0 Å². The number of benzene rings is 1. The van der Waals surface area contributed by atoms with Crippen LogP contribution in [0, 0.1) is 0 Å². The van der Waals surface area contributed by atoms with E-state index in [-0.39, 0.29) is 6.04 Å². The molecule has 0 bridgehead atoms. The monoisotopic (exact) mass is 435 g/mol. The van der Waals surface area contributed by atoms with Gasteiger partial charge in [-0.15, -0.1) is 11.3 Å². The van der Waals surface area contributed by atoms with Crippen molar-refractivity contribution >= 4 is 54.8 Å². The van der Waals surface area contributed by atoms with Crippen molar-refractivity contribution in [2.75, 3.05) is 6.54 Å². The molecule has 1 nitrogen and oxygen atoms in total. The molecule has 2 aromatic rings. The molecule has 1 N–H and O–H groups in total. The van der Waals surface area contributed by atoms with Gasteiger partial charge in [-0.3, -0.25) is 0 Å². The Morgan fingerprint density at radius 1 is 1.25 bits per heavy atom. The Bertz CT molecular complexity index is 571. The molecule has 0 saturated carbocycles. The molecule has 20 heavy (non-hydrogen) atoms. The molecule has 2 rings (SSSR count). The Morgan fingerprint density at radius 3 is 2.70 bits per heavy atom. The van der Waals surface area contributed by atoms with Gasteiger partial charge in [0.05, 0.1) is 5.02 Å². The minimum absolute atomic E-state index is 0.231. The zero-order valence-corrected chi connectivity index (χ0v) is 15.9. The summed E-state index contributed by atoms with van der Waals surface area (Å²) in [6.45, 7) is 3.16. The maximum atomic E-state index is 6.45. The predicted octanol–water partition coefficient (Wildman–Crippen LogP) is 6.21. The summed E-state index contributed by atoms with van der Waals surface area (Å²) in [4.78, 5) is 1.34. The summed E-state index contributed by atoms with van der Waals surface area (Å²) in [5.41, 5.74) is 1.15. The molecule has 0 aliphatic rings. The summed E-state index contributed by atoms with van der Waals surface area (Å²) in [7, 11) is 0. The zero-order chi connectivity index (χ0) is 14.5. The number of hydrogen-bond acceptors (Lipinski definition) is 2. The molecule has 0 fully saturated rings. The van der Waals surface area contributed by atoms with Crippen molar-refractivity contribution in [1.82, 2.24) is 5.32 Å². The summed E-state index contributed by atoms with van der Waals surface area (Å²) < 4.78 is 2.13. The normalized spacial score (nSPS) is 12.6. The third kappa shape index (κ3) is 4.08. The molecule has 1 aromatic heterocycles. The van der Waals surface area contributed by atoms with E-state index >= 15 is 0 Å². The van der Waals surface area contributed by atoms with Gasteiger partial charge in [-0.2, -0.15) is 0 Å². The first-order valence-electron chi connectivity index (χ1n) is 6.52. The first-order valence-corrected chi connectivity index (χ1v) is 9.37. The number of nitrogens with one attached hydrogen (secondary N) is 1. The second kappa shape index (κ2) is 7.95. The first kappa shape index (κ1) is 16.5. The van der Waals surface area contributed by atoms with Crippen LogP contribution < -0.4 is 5.32 Å². The minimum Gasteiger partial charge on any atom is -0.310 e. The van der Waals surface area contributed by atoms with Crippen LogP contribution in [0.25, 0.3) is 0 Å². The van der Waals surface area contributed by atoms with E-state index in [4.69, 9.17) is 11.6 Å². The van der Waals surface area contributed by atoms with Crippen LogP contribution in [0.2, 0.25) is 5.02 Å². The molecular formula is C15H16Br2ClNS.